The number of amides is 1. The summed E-state index contributed by atoms with van der Waals surface area (Å²) in [4.78, 5) is 20.5. The lowest BCUT2D eigenvalue weighted by atomic mass is 10.2. The minimum atomic E-state index is -0.337. The number of para-hydroxylation sites is 2. The van der Waals surface area contributed by atoms with Crippen molar-refractivity contribution in [3.63, 3.8) is 0 Å². The molecule has 3 rings (SSSR count). The number of rotatable bonds is 3. The van der Waals surface area contributed by atoms with E-state index in [-0.39, 0.29) is 11.9 Å². The van der Waals surface area contributed by atoms with Crippen LogP contribution in [0.3, 0.4) is 0 Å². The van der Waals surface area contributed by atoms with Gasteiger partial charge < -0.3 is 9.88 Å². The summed E-state index contributed by atoms with van der Waals surface area (Å²) in [5, 5.41) is 2.87. The summed E-state index contributed by atoms with van der Waals surface area (Å²) in [5.74, 6) is -0.0839. The summed E-state index contributed by atoms with van der Waals surface area (Å²) in [6.45, 7) is 1.85. The van der Waals surface area contributed by atoms with Crippen molar-refractivity contribution in [1.82, 2.24) is 14.5 Å². The molecular weight excluding hydrogens is 252 g/mol. The van der Waals surface area contributed by atoms with E-state index in [1.165, 1.54) is 0 Å². The van der Waals surface area contributed by atoms with Crippen LogP contribution in [0.1, 0.15) is 13.0 Å². The number of nitrogens with zero attached hydrogens (tertiary/aromatic N) is 3. The monoisotopic (exact) mass is 266 g/mol. The van der Waals surface area contributed by atoms with E-state index in [9.17, 15) is 4.79 Å². The number of hydrogen-bond acceptors (Lipinski definition) is 3. The second-order valence-electron chi connectivity index (χ2n) is 4.54. The van der Waals surface area contributed by atoms with E-state index in [0.29, 0.717) is 0 Å². The normalized spacial score (nSPS) is 12.2. The molecule has 0 fully saturated rings. The van der Waals surface area contributed by atoms with Gasteiger partial charge in [0.05, 0.1) is 17.4 Å². The fraction of sp³-hybridized carbons (Fsp3) is 0.133. The lowest BCUT2D eigenvalue weighted by Gasteiger charge is -2.14. The number of pyridine rings is 1. The van der Waals surface area contributed by atoms with Gasteiger partial charge in [-0.3, -0.25) is 9.78 Å². The molecule has 1 aromatic carbocycles. The van der Waals surface area contributed by atoms with Crippen molar-refractivity contribution < 1.29 is 4.79 Å². The molecule has 1 atom stereocenters. The molecule has 0 aliphatic heterocycles. The Morgan fingerprint density at radius 2 is 1.95 bits per heavy atom. The molecule has 0 bridgehead atoms. The number of carbonyl (C=O) groups excluding carboxylic acids is 1. The van der Waals surface area contributed by atoms with Gasteiger partial charge >= 0.3 is 0 Å². The number of benzene rings is 1. The Bertz CT molecular complexity index is 736. The highest BCUT2D eigenvalue weighted by Crippen LogP contribution is 2.18. The zero-order valence-corrected chi connectivity index (χ0v) is 11.0. The summed E-state index contributed by atoms with van der Waals surface area (Å²) < 4.78 is 1.87. The standard InChI is InChI=1S/C15H14N4O/c1-11(15(20)18-12-6-8-16-9-7-12)19-10-17-13-4-2-3-5-14(13)19/h2-11H,1H3,(H,16,18,20). The van der Waals surface area contributed by atoms with Gasteiger partial charge in [0.15, 0.2) is 0 Å². The van der Waals surface area contributed by atoms with E-state index < -0.39 is 0 Å². The molecule has 2 heterocycles. The van der Waals surface area contributed by atoms with Crippen LogP contribution in [0.2, 0.25) is 0 Å². The quantitative estimate of drug-likeness (QED) is 0.792. The largest absolute Gasteiger partial charge is 0.324 e. The molecule has 1 unspecified atom stereocenters. The van der Waals surface area contributed by atoms with Crippen molar-refractivity contribution in [2.24, 2.45) is 0 Å². The fourth-order valence-corrected chi connectivity index (χ4v) is 2.10. The summed E-state index contributed by atoms with van der Waals surface area (Å²) >= 11 is 0. The first-order chi connectivity index (χ1) is 9.75. The van der Waals surface area contributed by atoms with Crippen LogP contribution in [0, 0.1) is 0 Å². The van der Waals surface area contributed by atoms with Gasteiger partial charge in [-0.05, 0) is 31.2 Å². The molecule has 0 saturated heterocycles. The molecule has 2 aromatic heterocycles. The maximum Gasteiger partial charge on any atom is 0.247 e. The predicted molar refractivity (Wildman–Crippen MR) is 77.3 cm³/mol. The first kappa shape index (κ1) is 12.3. The number of anilines is 1. The third kappa shape index (κ3) is 2.25. The lowest BCUT2D eigenvalue weighted by Crippen LogP contribution is -2.23. The Balaban J connectivity index is 1.85. The lowest BCUT2D eigenvalue weighted by molar-refractivity contribution is -0.118. The number of hydrogen-bond donors (Lipinski definition) is 1. The average molecular weight is 266 g/mol. The number of nitrogens with one attached hydrogen (secondary N) is 1. The van der Waals surface area contributed by atoms with Gasteiger partial charge in [-0.25, -0.2) is 4.98 Å². The zero-order chi connectivity index (χ0) is 13.9. The Labute approximate surface area is 116 Å². The van der Waals surface area contributed by atoms with Crippen molar-refractivity contribution in [1.29, 1.82) is 0 Å². The van der Waals surface area contributed by atoms with Gasteiger partial charge in [0.1, 0.15) is 6.04 Å². The number of fused-ring (bicyclic) bond motifs is 1. The number of imidazole rings is 1. The molecule has 0 aliphatic rings. The Hall–Kier alpha value is -2.69. The number of carbonyl (C=O) groups is 1. The van der Waals surface area contributed by atoms with Crippen molar-refractivity contribution in [2.75, 3.05) is 5.32 Å². The van der Waals surface area contributed by atoms with E-state index >= 15 is 0 Å². The summed E-state index contributed by atoms with van der Waals surface area (Å²) in [6, 6.07) is 10.9. The zero-order valence-electron chi connectivity index (χ0n) is 11.0. The topological polar surface area (TPSA) is 59.8 Å². The SMILES string of the molecule is CC(C(=O)Nc1ccncc1)n1cnc2ccccc21. The molecule has 0 aliphatic carbocycles. The van der Waals surface area contributed by atoms with Crippen LogP contribution in [-0.2, 0) is 4.79 Å². The second kappa shape index (κ2) is 5.13. The van der Waals surface area contributed by atoms with E-state index in [2.05, 4.69) is 15.3 Å². The Kier molecular flexibility index (Phi) is 3.16. The van der Waals surface area contributed by atoms with Crippen LogP contribution >= 0.6 is 0 Å². The summed E-state index contributed by atoms with van der Waals surface area (Å²) in [5.41, 5.74) is 2.57. The van der Waals surface area contributed by atoms with Crippen LogP contribution < -0.4 is 5.32 Å². The van der Waals surface area contributed by atoms with Crippen LogP contribution in [0.25, 0.3) is 11.0 Å². The molecule has 1 N–H and O–H groups in total. The second-order valence-corrected chi connectivity index (χ2v) is 4.54. The molecule has 0 saturated carbocycles. The Morgan fingerprint density at radius 1 is 1.20 bits per heavy atom. The molecule has 100 valence electrons. The van der Waals surface area contributed by atoms with Gasteiger partial charge in [0, 0.05) is 18.1 Å². The van der Waals surface area contributed by atoms with Crippen LogP contribution in [0.15, 0.2) is 55.1 Å². The van der Waals surface area contributed by atoms with Gasteiger partial charge in [-0.1, -0.05) is 12.1 Å². The highest BCUT2D eigenvalue weighted by atomic mass is 16.2. The first-order valence-electron chi connectivity index (χ1n) is 6.38. The van der Waals surface area contributed by atoms with Crippen molar-refractivity contribution in [3.8, 4) is 0 Å². The van der Waals surface area contributed by atoms with Crippen LogP contribution in [0.5, 0.6) is 0 Å². The molecule has 5 heteroatoms. The van der Waals surface area contributed by atoms with Gasteiger partial charge in [-0.2, -0.15) is 0 Å². The maximum absolute atomic E-state index is 12.3. The Morgan fingerprint density at radius 3 is 2.75 bits per heavy atom. The fourth-order valence-electron chi connectivity index (χ4n) is 2.10. The third-order valence-electron chi connectivity index (χ3n) is 3.23. The first-order valence-corrected chi connectivity index (χ1v) is 6.38. The minimum absolute atomic E-state index is 0.0839. The molecular formula is C15H14N4O. The van der Waals surface area contributed by atoms with Gasteiger partial charge in [-0.15, -0.1) is 0 Å². The summed E-state index contributed by atoms with van der Waals surface area (Å²) in [7, 11) is 0. The summed E-state index contributed by atoms with van der Waals surface area (Å²) in [6.07, 6.45) is 4.99. The molecule has 5 nitrogen and oxygen atoms in total. The molecule has 1 amide bonds. The van der Waals surface area contributed by atoms with E-state index in [1.54, 1.807) is 30.9 Å². The van der Waals surface area contributed by atoms with Crippen LogP contribution in [0.4, 0.5) is 5.69 Å². The smallest absolute Gasteiger partial charge is 0.247 e. The third-order valence-corrected chi connectivity index (χ3v) is 3.23. The minimum Gasteiger partial charge on any atom is -0.324 e. The van der Waals surface area contributed by atoms with Crippen molar-refractivity contribution >= 4 is 22.6 Å². The van der Waals surface area contributed by atoms with Crippen molar-refractivity contribution in [3.05, 3.63) is 55.1 Å². The molecule has 20 heavy (non-hydrogen) atoms. The van der Waals surface area contributed by atoms with Crippen LogP contribution in [-0.4, -0.2) is 20.4 Å². The number of aromatic nitrogens is 3. The average Bonchev–Trinajstić information content (AvgIpc) is 2.91. The molecule has 0 spiro atoms. The van der Waals surface area contributed by atoms with Crippen molar-refractivity contribution in [2.45, 2.75) is 13.0 Å². The van der Waals surface area contributed by atoms with Gasteiger partial charge in [0.2, 0.25) is 5.91 Å². The van der Waals surface area contributed by atoms with Gasteiger partial charge in [0.25, 0.3) is 0 Å². The predicted octanol–water partition coefficient (Wildman–Crippen LogP) is 2.63. The molecule has 0 radical (unpaired) electrons. The van der Waals surface area contributed by atoms with E-state index in [0.717, 1.165) is 16.7 Å². The highest BCUT2D eigenvalue weighted by molar-refractivity contribution is 5.94. The van der Waals surface area contributed by atoms with E-state index in [4.69, 9.17) is 0 Å². The van der Waals surface area contributed by atoms with E-state index in [1.807, 2.05) is 35.8 Å². The molecule has 3 aromatic rings. The highest BCUT2D eigenvalue weighted by Gasteiger charge is 2.17. The maximum atomic E-state index is 12.3.